The predicted octanol–water partition coefficient (Wildman–Crippen LogP) is 5.63. The molecule has 1 N–H and O–H groups in total. The summed E-state index contributed by atoms with van der Waals surface area (Å²) in [6.07, 6.45) is 0. The van der Waals surface area contributed by atoms with Gasteiger partial charge in [0, 0.05) is 22.5 Å². The summed E-state index contributed by atoms with van der Waals surface area (Å²) in [4.78, 5) is 16.9. The third-order valence-electron chi connectivity index (χ3n) is 5.06. The highest BCUT2D eigenvalue weighted by atomic mass is 79.9. The van der Waals surface area contributed by atoms with E-state index in [0.717, 1.165) is 27.0 Å². The predicted molar refractivity (Wildman–Crippen MR) is 136 cm³/mol. The standard InChI is InChI=1S/C23H22BrN5O2S2/c1-14-5-4-6-19(15(14)2)31-11-20-27-28-23(29(20)3)33-13-21(30)26-22-25-18(12-32-22)16-7-9-17(24)10-8-16/h4-10,12H,11,13H2,1-3H3,(H,25,26,30). The summed E-state index contributed by atoms with van der Waals surface area (Å²) in [7, 11) is 1.87. The van der Waals surface area contributed by atoms with Gasteiger partial charge >= 0.3 is 0 Å². The number of ether oxygens (including phenoxy) is 1. The second-order valence-electron chi connectivity index (χ2n) is 7.33. The van der Waals surface area contributed by atoms with Gasteiger partial charge in [-0.15, -0.1) is 21.5 Å². The van der Waals surface area contributed by atoms with Gasteiger partial charge in [-0.2, -0.15) is 0 Å². The van der Waals surface area contributed by atoms with Crippen LogP contribution in [0.5, 0.6) is 5.75 Å². The Morgan fingerprint density at radius 3 is 2.76 bits per heavy atom. The van der Waals surface area contributed by atoms with Gasteiger partial charge in [0.15, 0.2) is 16.1 Å². The minimum atomic E-state index is -0.145. The average Bonchev–Trinajstić information content (AvgIpc) is 3.40. The summed E-state index contributed by atoms with van der Waals surface area (Å²) in [6.45, 7) is 4.39. The highest BCUT2D eigenvalue weighted by Crippen LogP contribution is 2.27. The Morgan fingerprint density at radius 2 is 1.97 bits per heavy atom. The molecule has 2 aromatic heterocycles. The highest BCUT2D eigenvalue weighted by Gasteiger charge is 2.14. The van der Waals surface area contributed by atoms with Crippen molar-refractivity contribution in [2.24, 2.45) is 7.05 Å². The molecule has 0 bridgehead atoms. The maximum absolute atomic E-state index is 12.4. The zero-order valence-corrected chi connectivity index (χ0v) is 21.6. The molecule has 10 heteroatoms. The number of halogens is 1. The second-order valence-corrected chi connectivity index (χ2v) is 10.0. The zero-order chi connectivity index (χ0) is 23.4. The van der Waals surface area contributed by atoms with Gasteiger partial charge in [0.05, 0.1) is 11.4 Å². The first kappa shape index (κ1) is 23.5. The van der Waals surface area contributed by atoms with Gasteiger partial charge in [-0.1, -0.05) is 52.0 Å². The van der Waals surface area contributed by atoms with E-state index in [1.54, 1.807) is 0 Å². The number of nitrogens with zero attached hydrogens (tertiary/aromatic N) is 4. The number of thioether (sulfide) groups is 1. The summed E-state index contributed by atoms with van der Waals surface area (Å²) in [5.74, 6) is 1.58. The van der Waals surface area contributed by atoms with Crippen LogP contribution in [0.1, 0.15) is 17.0 Å². The van der Waals surface area contributed by atoms with Crippen LogP contribution in [0.3, 0.4) is 0 Å². The molecule has 0 atom stereocenters. The van der Waals surface area contributed by atoms with Crippen LogP contribution >= 0.6 is 39.0 Å². The van der Waals surface area contributed by atoms with Crippen molar-refractivity contribution in [1.82, 2.24) is 19.7 Å². The average molecular weight is 544 g/mol. The maximum atomic E-state index is 12.4. The molecule has 7 nitrogen and oxygen atoms in total. The number of nitrogens with one attached hydrogen (secondary N) is 1. The number of hydrogen-bond donors (Lipinski definition) is 1. The first-order valence-electron chi connectivity index (χ1n) is 10.1. The van der Waals surface area contributed by atoms with Gasteiger partial charge in [-0.05, 0) is 43.2 Å². The van der Waals surface area contributed by atoms with Crippen LogP contribution in [-0.2, 0) is 18.4 Å². The van der Waals surface area contributed by atoms with E-state index in [0.29, 0.717) is 22.7 Å². The summed E-state index contributed by atoms with van der Waals surface area (Å²) in [6, 6.07) is 13.9. The number of anilines is 1. The monoisotopic (exact) mass is 543 g/mol. The van der Waals surface area contributed by atoms with E-state index < -0.39 is 0 Å². The molecule has 33 heavy (non-hydrogen) atoms. The summed E-state index contributed by atoms with van der Waals surface area (Å²) < 4.78 is 8.78. The topological polar surface area (TPSA) is 81.9 Å². The van der Waals surface area contributed by atoms with Crippen molar-refractivity contribution in [2.45, 2.75) is 25.6 Å². The lowest BCUT2D eigenvalue weighted by atomic mass is 10.1. The SMILES string of the molecule is Cc1cccc(OCc2nnc(SCC(=O)Nc3nc(-c4ccc(Br)cc4)cs3)n2C)c1C. The molecular formula is C23H22BrN5O2S2. The molecule has 2 aromatic carbocycles. The Balaban J connectivity index is 1.30. The molecule has 0 saturated carbocycles. The Morgan fingerprint density at radius 1 is 1.18 bits per heavy atom. The molecule has 170 valence electrons. The Labute approximate surface area is 208 Å². The van der Waals surface area contributed by atoms with Gasteiger partial charge < -0.3 is 14.6 Å². The van der Waals surface area contributed by atoms with Crippen LogP contribution in [0.2, 0.25) is 0 Å². The Bertz CT molecular complexity index is 1270. The molecule has 0 radical (unpaired) electrons. The van der Waals surface area contributed by atoms with E-state index in [2.05, 4.69) is 49.4 Å². The minimum absolute atomic E-state index is 0.145. The zero-order valence-electron chi connectivity index (χ0n) is 18.3. The maximum Gasteiger partial charge on any atom is 0.236 e. The summed E-state index contributed by atoms with van der Waals surface area (Å²) >= 11 is 6.15. The van der Waals surface area contributed by atoms with Crippen molar-refractivity contribution in [3.63, 3.8) is 0 Å². The third-order valence-corrected chi connectivity index (χ3v) is 7.37. The number of carbonyl (C=O) groups excluding carboxylic acids is 1. The van der Waals surface area contributed by atoms with Crippen molar-refractivity contribution in [2.75, 3.05) is 11.1 Å². The summed E-state index contributed by atoms with van der Waals surface area (Å²) in [5, 5.41) is 14.4. The van der Waals surface area contributed by atoms with Gasteiger partial charge in [0.1, 0.15) is 12.4 Å². The van der Waals surface area contributed by atoms with E-state index >= 15 is 0 Å². The first-order chi connectivity index (χ1) is 15.9. The molecule has 0 aliphatic rings. The molecule has 0 fully saturated rings. The van der Waals surface area contributed by atoms with E-state index in [9.17, 15) is 4.79 Å². The second kappa shape index (κ2) is 10.5. The van der Waals surface area contributed by atoms with Gasteiger partial charge in [0.2, 0.25) is 5.91 Å². The minimum Gasteiger partial charge on any atom is -0.485 e. The smallest absolute Gasteiger partial charge is 0.236 e. The molecule has 4 aromatic rings. The first-order valence-corrected chi connectivity index (χ1v) is 12.8. The fraction of sp³-hybridized carbons (Fsp3) is 0.217. The van der Waals surface area contributed by atoms with Crippen LogP contribution in [0, 0.1) is 13.8 Å². The fourth-order valence-corrected chi connectivity index (χ4v) is 4.72. The lowest BCUT2D eigenvalue weighted by molar-refractivity contribution is -0.113. The molecule has 4 rings (SSSR count). The summed E-state index contributed by atoms with van der Waals surface area (Å²) in [5.41, 5.74) is 4.12. The van der Waals surface area contributed by atoms with Crippen LogP contribution < -0.4 is 10.1 Å². The largest absolute Gasteiger partial charge is 0.485 e. The number of aryl methyl sites for hydroxylation is 1. The van der Waals surface area contributed by atoms with E-state index in [-0.39, 0.29) is 11.7 Å². The van der Waals surface area contributed by atoms with Crippen molar-refractivity contribution in [3.05, 3.63) is 69.3 Å². The fourth-order valence-electron chi connectivity index (χ4n) is 2.99. The molecule has 2 heterocycles. The quantitative estimate of drug-likeness (QED) is 0.290. The van der Waals surface area contributed by atoms with Gasteiger partial charge in [-0.3, -0.25) is 4.79 Å². The van der Waals surface area contributed by atoms with Crippen LogP contribution in [0.4, 0.5) is 5.13 Å². The lowest BCUT2D eigenvalue weighted by Crippen LogP contribution is -2.14. The Kier molecular flexibility index (Phi) is 7.46. The molecule has 0 unspecified atom stereocenters. The molecule has 0 spiro atoms. The molecule has 1 amide bonds. The number of amides is 1. The number of carbonyl (C=O) groups is 1. The van der Waals surface area contributed by atoms with Gasteiger partial charge in [-0.25, -0.2) is 4.98 Å². The Hall–Kier alpha value is -2.69. The van der Waals surface area contributed by atoms with Crippen molar-refractivity contribution in [1.29, 1.82) is 0 Å². The van der Waals surface area contributed by atoms with Crippen molar-refractivity contribution >= 4 is 50.1 Å². The number of thiazole rings is 1. The molecule has 0 aliphatic carbocycles. The highest BCUT2D eigenvalue weighted by molar-refractivity contribution is 9.10. The number of aromatic nitrogens is 4. The van der Waals surface area contributed by atoms with Gasteiger partial charge in [0.25, 0.3) is 0 Å². The third kappa shape index (κ3) is 5.82. The molecule has 0 aliphatic heterocycles. The van der Waals surface area contributed by atoms with Crippen LogP contribution in [0.15, 0.2) is 57.5 Å². The van der Waals surface area contributed by atoms with Crippen LogP contribution in [-0.4, -0.2) is 31.4 Å². The van der Waals surface area contributed by atoms with Crippen molar-refractivity contribution in [3.8, 4) is 17.0 Å². The normalized spacial score (nSPS) is 10.9. The lowest BCUT2D eigenvalue weighted by Gasteiger charge is -2.10. The van der Waals surface area contributed by atoms with E-state index in [4.69, 9.17) is 4.74 Å². The van der Waals surface area contributed by atoms with Crippen LogP contribution in [0.25, 0.3) is 11.3 Å². The van der Waals surface area contributed by atoms with E-state index in [1.807, 2.05) is 60.3 Å². The van der Waals surface area contributed by atoms with E-state index in [1.165, 1.54) is 28.7 Å². The molecule has 0 saturated heterocycles. The number of hydrogen-bond acceptors (Lipinski definition) is 7. The number of benzene rings is 2. The van der Waals surface area contributed by atoms with Crippen molar-refractivity contribution < 1.29 is 9.53 Å². The number of rotatable bonds is 8. The molecular weight excluding hydrogens is 522 g/mol.